The molecule has 7 nitrogen and oxygen atoms in total. The number of hydrogen-bond acceptors (Lipinski definition) is 7. The summed E-state index contributed by atoms with van der Waals surface area (Å²) >= 11 is 1.23. The van der Waals surface area contributed by atoms with Crippen LogP contribution in [0.4, 0.5) is 10.9 Å². The quantitative estimate of drug-likeness (QED) is 0.681. The van der Waals surface area contributed by atoms with Gasteiger partial charge in [-0.25, -0.2) is 9.97 Å². The molecule has 104 valence electrons. The Kier molecular flexibility index (Phi) is 3.33. The normalized spacial score (nSPS) is 15.0. The van der Waals surface area contributed by atoms with Gasteiger partial charge in [0.1, 0.15) is 0 Å². The van der Waals surface area contributed by atoms with Gasteiger partial charge in [-0.2, -0.15) is 0 Å². The van der Waals surface area contributed by atoms with E-state index in [1.807, 2.05) is 6.07 Å². The van der Waals surface area contributed by atoms with Crippen LogP contribution in [-0.4, -0.2) is 26.3 Å². The number of anilines is 1. The molecule has 8 heteroatoms. The van der Waals surface area contributed by atoms with Gasteiger partial charge in [0.25, 0.3) is 0 Å². The van der Waals surface area contributed by atoms with Gasteiger partial charge in [-0.05, 0) is 6.07 Å². The molecule has 0 saturated heterocycles. The number of aromatic nitrogens is 2. The Morgan fingerprint density at radius 3 is 3.10 bits per heavy atom. The van der Waals surface area contributed by atoms with E-state index < -0.39 is 0 Å². The minimum absolute atomic E-state index is 0.188. The van der Waals surface area contributed by atoms with Crippen LogP contribution in [0.25, 0.3) is 0 Å². The van der Waals surface area contributed by atoms with Crippen molar-refractivity contribution >= 4 is 22.3 Å². The molecular weight excluding hydrogens is 278 g/mol. The first kappa shape index (κ1) is 12.9. The summed E-state index contributed by atoms with van der Waals surface area (Å²) in [4.78, 5) is 21.8. The van der Waals surface area contributed by atoms with Gasteiger partial charge in [-0.3, -0.25) is 15.0 Å². The van der Waals surface area contributed by atoms with Crippen molar-refractivity contribution < 1.29 is 4.92 Å². The van der Waals surface area contributed by atoms with E-state index in [1.54, 1.807) is 12.3 Å². The van der Waals surface area contributed by atoms with Crippen LogP contribution >= 0.6 is 11.3 Å². The van der Waals surface area contributed by atoms with E-state index in [-0.39, 0.29) is 9.92 Å². The van der Waals surface area contributed by atoms with Gasteiger partial charge in [-0.1, -0.05) is 11.3 Å². The Labute approximate surface area is 119 Å². The molecule has 20 heavy (non-hydrogen) atoms. The number of nitro groups is 1. The number of thiophene rings is 1. The highest BCUT2D eigenvalue weighted by molar-refractivity contribution is 7.15. The predicted molar refractivity (Wildman–Crippen MR) is 75.2 cm³/mol. The van der Waals surface area contributed by atoms with Crippen LogP contribution in [0, 0.1) is 10.1 Å². The summed E-state index contributed by atoms with van der Waals surface area (Å²) in [6, 6.07) is 3.37. The van der Waals surface area contributed by atoms with Crippen molar-refractivity contribution in [3.8, 4) is 0 Å². The van der Waals surface area contributed by atoms with E-state index in [1.165, 1.54) is 11.3 Å². The molecule has 3 rings (SSSR count). The van der Waals surface area contributed by atoms with Crippen molar-refractivity contribution in [2.75, 3.05) is 12.3 Å². The van der Waals surface area contributed by atoms with E-state index in [4.69, 9.17) is 5.73 Å². The van der Waals surface area contributed by atoms with Crippen LogP contribution < -0.4 is 5.73 Å². The van der Waals surface area contributed by atoms with E-state index in [0.29, 0.717) is 12.5 Å². The maximum atomic E-state index is 10.7. The lowest BCUT2D eigenvalue weighted by Gasteiger charge is -2.27. The number of fused-ring (bicyclic) bond motifs is 1. The number of hydrogen-bond donors (Lipinski definition) is 1. The monoisotopic (exact) mass is 291 g/mol. The van der Waals surface area contributed by atoms with Crippen molar-refractivity contribution in [3.05, 3.63) is 44.6 Å². The van der Waals surface area contributed by atoms with Gasteiger partial charge in [0.2, 0.25) is 5.95 Å². The van der Waals surface area contributed by atoms with Crippen LogP contribution in [0.15, 0.2) is 18.3 Å². The van der Waals surface area contributed by atoms with Crippen LogP contribution in [0.5, 0.6) is 0 Å². The number of nitrogens with zero attached hydrogens (tertiary/aromatic N) is 4. The lowest BCUT2D eigenvalue weighted by molar-refractivity contribution is -0.380. The zero-order valence-corrected chi connectivity index (χ0v) is 11.5. The summed E-state index contributed by atoms with van der Waals surface area (Å²) in [7, 11) is 0. The Bertz CT molecular complexity index is 657. The molecule has 3 heterocycles. The molecule has 0 saturated carbocycles. The van der Waals surface area contributed by atoms with Gasteiger partial charge in [0, 0.05) is 48.8 Å². The van der Waals surface area contributed by atoms with E-state index in [9.17, 15) is 10.1 Å². The van der Waals surface area contributed by atoms with Crippen LogP contribution in [0.2, 0.25) is 0 Å². The number of rotatable bonds is 3. The molecular formula is C12H13N5O2S. The number of nitrogens with two attached hydrogens (primary N) is 1. The average Bonchev–Trinajstić information content (AvgIpc) is 2.88. The third-order valence-electron chi connectivity index (χ3n) is 3.24. The minimum atomic E-state index is -0.351. The fourth-order valence-electron chi connectivity index (χ4n) is 2.30. The molecule has 2 N–H and O–H groups in total. The van der Waals surface area contributed by atoms with Crippen LogP contribution in [0.1, 0.15) is 16.1 Å². The summed E-state index contributed by atoms with van der Waals surface area (Å²) < 4.78 is 0. The summed E-state index contributed by atoms with van der Waals surface area (Å²) in [5.74, 6) is 0.311. The predicted octanol–water partition coefficient (Wildman–Crippen LogP) is 1.59. The molecule has 0 aromatic carbocycles. The zero-order valence-electron chi connectivity index (χ0n) is 10.7. The fourth-order valence-corrected chi connectivity index (χ4v) is 3.16. The Hall–Kier alpha value is -2.06. The third-order valence-corrected chi connectivity index (χ3v) is 4.26. The van der Waals surface area contributed by atoms with Gasteiger partial charge in [0.15, 0.2) is 0 Å². The van der Waals surface area contributed by atoms with Gasteiger partial charge in [-0.15, -0.1) is 0 Å². The van der Waals surface area contributed by atoms with Crippen molar-refractivity contribution in [3.63, 3.8) is 0 Å². The van der Waals surface area contributed by atoms with E-state index >= 15 is 0 Å². The van der Waals surface area contributed by atoms with E-state index in [2.05, 4.69) is 14.9 Å². The Morgan fingerprint density at radius 2 is 2.35 bits per heavy atom. The molecule has 0 radical (unpaired) electrons. The maximum Gasteiger partial charge on any atom is 0.324 e. The summed E-state index contributed by atoms with van der Waals surface area (Å²) in [6.07, 6.45) is 2.59. The fraction of sp³-hybridized carbons (Fsp3) is 0.333. The largest absolute Gasteiger partial charge is 0.368 e. The summed E-state index contributed by atoms with van der Waals surface area (Å²) in [5.41, 5.74) is 7.66. The molecule has 0 unspecified atom stereocenters. The van der Waals surface area contributed by atoms with Gasteiger partial charge in [0.05, 0.1) is 10.6 Å². The van der Waals surface area contributed by atoms with Gasteiger partial charge < -0.3 is 5.73 Å². The molecule has 1 aliphatic heterocycles. The molecule has 0 fully saturated rings. The SMILES string of the molecule is Nc1ncc2c(n1)CCN(Cc1ccc([N+](=O)[O-])s1)C2. The molecule has 1 aliphatic rings. The first-order valence-corrected chi connectivity index (χ1v) is 6.99. The average molecular weight is 291 g/mol. The van der Waals surface area contributed by atoms with Crippen molar-refractivity contribution in [2.24, 2.45) is 0 Å². The highest BCUT2D eigenvalue weighted by atomic mass is 32.1. The smallest absolute Gasteiger partial charge is 0.324 e. The molecule has 0 aliphatic carbocycles. The molecule has 0 atom stereocenters. The standard InChI is InChI=1S/C12H13N5O2S/c13-12-14-5-8-6-16(4-3-10(8)15-12)7-9-1-2-11(20-9)17(18)19/h1-2,5H,3-4,6-7H2,(H2,13,14,15). The summed E-state index contributed by atoms with van der Waals surface area (Å²) in [5, 5.41) is 10.9. The molecule has 2 aromatic rings. The third kappa shape index (κ3) is 2.61. The van der Waals surface area contributed by atoms with Crippen LogP contribution in [-0.2, 0) is 19.5 Å². The van der Waals surface area contributed by atoms with Crippen molar-refractivity contribution in [1.29, 1.82) is 0 Å². The first-order chi connectivity index (χ1) is 9.61. The maximum absolute atomic E-state index is 10.7. The second-order valence-electron chi connectivity index (χ2n) is 4.66. The van der Waals surface area contributed by atoms with Gasteiger partial charge >= 0.3 is 5.00 Å². The van der Waals surface area contributed by atoms with Crippen LogP contribution in [0.3, 0.4) is 0 Å². The molecule has 0 amide bonds. The highest BCUT2D eigenvalue weighted by Gasteiger charge is 2.19. The van der Waals surface area contributed by atoms with E-state index in [0.717, 1.165) is 35.6 Å². The molecule has 0 spiro atoms. The topological polar surface area (TPSA) is 98.2 Å². The summed E-state index contributed by atoms with van der Waals surface area (Å²) in [6.45, 7) is 2.33. The first-order valence-electron chi connectivity index (χ1n) is 6.17. The lowest BCUT2D eigenvalue weighted by atomic mass is 10.1. The second-order valence-corrected chi connectivity index (χ2v) is 5.80. The Balaban J connectivity index is 1.70. The Morgan fingerprint density at radius 1 is 1.50 bits per heavy atom. The minimum Gasteiger partial charge on any atom is -0.368 e. The zero-order chi connectivity index (χ0) is 14.1. The van der Waals surface area contributed by atoms with Crippen molar-refractivity contribution in [2.45, 2.75) is 19.5 Å². The number of nitrogen functional groups attached to an aromatic ring is 1. The molecule has 2 aromatic heterocycles. The molecule has 0 bridgehead atoms. The highest BCUT2D eigenvalue weighted by Crippen LogP contribution is 2.26. The lowest BCUT2D eigenvalue weighted by Crippen LogP contribution is -2.30. The van der Waals surface area contributed by atoms with Crippen molar-refractivity contribution in [1.82, 2.24) is 14.9 Å². The second kappa shape index (κ2) is 5.14.